The lowest BCUT2D eigenvalue weighted by atomic mass is 10.1. The average Bonchev–Trinajstić information content (AvgIpc) is 3.03. The van der Waals surface area contributed by atoms with E-state index in [1.165, 1.54) is 0 Å². The Hall–Kier alpha value is -2.27. The van der Waals surface area contributed by atoms with E-state index < -0.39 is 0 Å². The molecule has 5 heteroatoms. The fourth-order valence-corrected chi connectivity index (χ4v) is 4.48. The number of thioether (sulfide) groups is 1. The van der Waals surface area contributed by atoms with Crippen LogP contribution in [0.4, 0.5) is 0 Å². The van der Waals surface area contributed by atoms with E-state index in [0.29, 0.717) is 17.9 Å². The van der Waals surface area contributed by atoms with E-state index in [4.69, 9.17) is 0 Å². The number of hydrogen-bond acceptors (Lipinski definition) is 3. The van der Waals surface area contributed by atoms with Crippen molar-refractivity contribution in [1.82, 2.24) is 10.2 Å². The van der Waals surface area contributed by atoms with Gasteiger partial charge >= 0.3 is 0 Å². The highest BCUT2D eigenvalue weighted by Crippen LogP contribution is 2.39. The minimum Gasteiger partial charge on any atom is -0.350 e. The number of benzene rings is 2. The predicted octanol–water partition coefficient (Wildman–Crippen LogP) is 4.38. The normalized spacial score (nSPS) is 17.8. The first kappa shape index (κ1) is 19.5. The van der Waals surface area contributed by atoms with Crippen molar-refractivity contribution in [3.8, 4) is 0 Å². The molecule has 1 heterocycles. The van der Waals surface area contributed by atoms with Gasteiger partial charge in [0.15, 0.2) is 0 Å². The van der Waals surface area contributed by atoms with Crippen LogP contribution in [0.3, 0.4) is 0 Å². The molecule has 0 bridgehead atoms. The second kappa shape index (κ2) is 9.09. The first-order valence-corrected chi connectivity index (χ1v) is 10.5. The molecule has 27 heavy (non-hydrogen) atoms. The van der Waals surface area contributed by atoms with E-state index in [9.17, 15) is 9.59 Å². The average molecular weight is 383 g/mol. The molecule has 4 nitrogen and oxygen atoms in total. The van der Waals surface area contributed by atoms with Crippen molar-refractivity contribution in [2.75, 3.05) is 5.75 Å². The van der Waals surface area contributed by atoms with Crippen LogP contribution in [0.2, 0.25) is 0 Å². The van der Waals surface area contributed by atoms with Crippen LogP contribution in [-0.2, 0) is 11.3 Å². The van der Waals surface area contributed by atoms with Gasteiger partial charge in [0.1, 0.15) is 5.37 Å². The topological polar surface area (TPSA) is 49.4 Å². The Kier molecular flexibility index (Phi) is 6.56. The lowest BCUT2D eigenvalue weighted by Crippen LogP contribution is -2.32. The van der Waals surface area contributed by atoms with Gasteiger partial charge in [0.2, 0.25) is 5.91 Å². The summed E-state index contributed by atoms with van der Waals surface area (Å²) < 4.78 is 0. The number of hydrogen-bond donors (Lipinski definition) is 1. The largest absolute Gasteiger partial charge is 0.350 e. The van der Waals surface area contributed by atoms with Gasteiger partial charge in [-0.15, -0.1) is 11.8 Å². The summed E-state index contributed by atoms with van der Waals surface area (Å²) in [6, 6.07) is 17.9. The molecule has 1 saturated heterocycles. The van der Waals surface area contributed by atoms with Gasteiger partial charge in [0.05, 0.1) is 5.75 Å². The maximum Gasteiger partial charge on any atom is 0.251 e. The Morgan fingerprint density at radius 2 is 1.89 bits per heavy atom. The molecule has 0 aromatic heterocycles. The van der Waals surface area contributed by atoms with Gasteiger partial charge in [-0.05, 0) is 36.6 Å². The van der Waals surface area contributed by atoms with E-state index in [1.807, 2.05) is 66.4 Å². The molecule has 2 atom stereocenters. The molecular formula is C22H26N2O2S. The number of nitrogens with zero attached hydrogens (tertiary/aromatic N) is 1. The van der Waals surface area contributed by atoms with Crippen LogP contribution in [0.15, 0.2) is 54.6 Å². The molecule has 0 radical (unpaired) electrons. The maximum absolute atomic E-state index is 12.4. The van der Waals surface area contributed by atoms with E-state index >= 15 is 0 Å². The summed E-state index contributed by atoms with van der Waals surface area (Å²) in [5, 5.41) is 3.02. The molecule has 1 aliphatic rings. The molecule has 142 valence electrons. The number of amides is 2. The van der Waals surface area contributed by atoms with E-state index in [-0.39, 0.29) is 23.2 Å². The molecule has 2 amide bonds. The van der Waals surface area contributed by atoms with Crippen LogP contribution in [0.1, 0.15) is 53.5 Å². The van der Waals surface area contributed by atoms with E-state index in [1.54, 1.807) is 11.8 Å². The lowest BCUT2D eigenvalue weighted by Gasteiger charge is -2.24. The summed E-state index contributed by atoms with van der Waals surface area (Å²) in [6.45, 7) is 4.74. The quantitative estimate of drug-likeness (QED) is 0.773. The number of nitrogens with one attached hydrogen (secondary N) is 1. The highest BCUT2D eigenvalue weighted by molar-refractivity contribution is 8.00. The van der Waals surface area contributed by atoms with Crippen LogP contribution in [0.5, 0.6) is 0 Å². The SMILES string of the molecule is CCCC(C)NC(=O)c1ccc(C2SCC(=O)N2Cc2ccccc2)cc1. The smallest absolute Gasteiger partial charge is 0.251 e. The molecule has 3 rings (SSSR count). The maximum atomic E-state index is 12.4. The fourth-order valence-electron chi connectivity index (χ4n) is 3.29. The molecule has 2 aromatic rings. The second-order valence-electron chi connectivity index (χ2n) is 6.96. The third kappa shape index (κ3) is 4.92. The number of carbonyl (C=O) groups excluding carboxylic acids is 2. The number of carbonyl (C=O) groups is 2. The van der Waals surface area contributed by atoms with Gasteiger partial charge in [0.25, 0.3) is 5.91 Å². The van der Waals surface area contributed by atoms with Crippen LogP contribution >= 0.6 is 11.8 Å². The molecule has 2 unspecified atom stereocenters. The Labute approximate surface area is 165 Å². The first-order valence-electron chi connectivity index (χ1n) is 9.44. The molecule has 1 N–H and O–H groups in total. The zero-order valence-electron chi connectivity index (χ0n) is 15.9. The van der Waals surface area contributed by atoms with Gasteiger partial charge in [-0.2, -0.15) is 0 Å². The van der Waals surface area contributed by atoms with Crippen molar-refractivity contribution in [3.63, 3.8) is 0 Å². The summed E-state index contributed by atoms with van der Waals surface area (Å²) >= 11 is 1.64. The minimum atomic E-state index is -0.0428. The van der Waals surface area contributed by atoms with Gasteiger partial charge in [-0.25, -0.2) is 0 Å². The zero-order chi connectivity index (χ0) is 19.2. The molecule has 2 aromatic carbocycles. The monoisotopic (exact) mass is 382 g/mol. The van der Waals surface area contributed by atoms with Crippen LogP contribution in [-0.4, -0.2) is 28.5 Å². The van der Waals surface area contributed by atoms with Crippen LogP contribution in [0, 0.1) is 0 Å². The highest BCUT2D eigenvalue weighted by atomic mass is 32.2. The Bertz CT molecular complexity index is 777. The van der Waals surface area contributed by atoms with E-state index in [2.05, 4.69) is 12.2 Å². The van der Waals surface area contributed by atoms with Crippen molar-refractivity contribution in [2.45, 2.75) is 44.6 Å². The summed E-state index contributed by atoms with van der Waals surface area (Å²) in [7, 11) is 0. The van der Waals surface area contributed by atoms with Crippen molar-refractivity contribution in [1.29, 1.82) is 0 Å². The minimum absolute atomic E-state index is 0.00571. The number of rotatable bonds is 7. The summed E-state index contributed by atoms with van der Waals surface area (Å²) in [6.07, 6.45) is 2.02. The Balaban J connectivity index is 1.70. The first-order chi connectivity index (χ1) is 13.1. The fraction of sp³-hybridized carbons (Fsp3) is 0.364. The third-order valence-electron chi connectivity index (χ3n) is 4.72. The summed E-state index contributed by atoms with van der Waals surface area (Å²) in [5.41, 5.74) is 2.84. The zero-order valence-corrected chi connectivity index (χ0v) is 16.7. The second-order valence-corrected chi connectivity index (χ2v) is 8.02. The highest BCUT2D eigenvalue weighted by Gasteiger charge is 2.32. The molecular weight excluding hydrogens is 356 g/mol. The Morgan fingerprint density at radius 1 is 1.19 bits per heavy atom. The van der Waals surface area contributed by atoms with Crippen molar-refractivity contribution >= 4 is 23.6 Å². The van der Waals surface area contributed by atoms with Crippen LogP contribution < -0.4 is 5.32 Å². The predicted molar refractivity (Wildman–Crippen MR) is 110 cm³/mol. The van der Waals surface area contributed by atoms with Gasteiger partial charge in [0, 0.05) is 18.2 Å². The lowest BCUT2D eigenvalue weighted by molar-refractivity contribution is -0.128. The van der Waals surface area contributed by atoms with E-state index in [0.717, 1.165) is 24.0 Å². The molecule has 0 saturated carbocycles. The van der Waals surface area contributed by atoms with Crippen LogP contribution in [0.25, 0.3) is 0 Å². The van der Waals surface area contributed by atoms with Crippen molar-refractivity contribution in [2.24, 2.45) is 0 Å². The summed E-state index contributed by atoms with van der Waals surface area (Å²) in [5.74, 6) is 0.608. The molecule has 1 fully saturated rings. The molecule has 0 aliphatic carbocycles. The standard InChI is InChI=1S/C22H26N2O2S/c1-3-7-16(2)23-21(26)18-10-12-19(13-11-18)22-24(20(25)15-27-22)14-17-8-5-4-6-9-17/h4-6,8-13,16,22H,3,7,14-15H2,1-2H3,(H,23,26). The summed E-state index contributed by atoms with van der Waals surface area (Å²) in [4.78, 5) is 26.6. The van der Waals surface area contributed by atoms with Crippen molar-refractivity contribution < 1.29 is 9.59 Å². The Morgan fingerprint density at radius 3 is 2.56 bits per heavy atom. The molecule has 0 spiro atoms. The van der Waals surface area contributed by atoms with Gasteiger partial charge in [-0.3, -0.25) is 9.59 Å². The van der Waals surface area contributed by atoms with Gasteiger partial charge < -0.3 is 10.2 Å². The van der Waals surface area contributed by atoms with Crippen molar-refractivity contribution in [3.05, 3.63) is 71.3 Å². The third-order valence-corrected chi connectivity index (χ3v) is 5.98. The molecule has 1 aliphatic heterocycles. The van der Waals surface area contributed by atoms with Gasteiger partial charge in [-0.1, -0.05) is 55.8 Å².